The summed E-state index contributed by atoms with van der Waals surface area (Å²) in [5, 5.41) is 13.1. The summed E-state index contributed by atoms with van der Waals surface area (Å²) in [7, 11) is 3.20. The number of aliphatic hydroxyl groups excluding tert-OH is 1. The Morgan fingerprint density at radius 2 is 1.62 bits per heavy atom. The zero-order valence-electron chi connectivity index (χ0n) is 13.8. The molecule has 0 amide bonds. The van der Waals surface area contributed by atoms with Gasteiger partial charge < -0.3 is 24.6 Å². The van der Waals surface area contributed by atoms with Crippen LogP contribution in [0.25, 0.3) is 0 Å². The van der Waals surface area contributed by atoms with E-state index in [1.54, 1.807) is 20.3 Å². The summed E-state index contributed by atoms with van der Waals surface area (Å²) in [6, 6.07) is 11.3. The number of ether oxygens (including phenoxy) is 3. The Hall–Kier alpha value is -2.31. The lowest BCUT2D eigenvalue weighted by atomic mass is 10.2. The van der Waals surface area contributed by atoms with E-state index < -0.39 is 6.10 Å². The molecule has 1 atom stereocenters. The highest BCUT2D eigenvalue weighted by atomic mass is 19.1. The Bertz CT molecular complexity index is 611. The maximum absolute atomic E-state index is 12.8. The van der Waals surface area contributed by atoms with Crippen molar-refractivity contribution >= 4 is 0 Å². The van der Waals surface area contributed by atoms with Crippen molar-refractivity contribution < 1.29 is 23.7 Å². The number of hydrogen-bond donors (Lipinski definition) is 2. The molecule has 0 fully saturated rings. The highest BCUT2D eigenvalue weighted by molar-refractivity contribution is 5.38. The molecule has 0 aliphatic carbocycles. The topological polar surface area (TPSA) is 60.0 Å². The molecular formula is C18H22FNO4. The standard InChI is InChI=1S/C18H22FNO4/c1-22-17-7-13(8-18(9-17)23-2)10-20-11-15(21)12-24-16-5-3-14(19)4-6-16/h3-9,15,20-21H,10-12H2,1-2H3. The van der Waals surface area contributed by atoms with Gasteiger partial charge >= 0.3 is 0 Å². The third-order valence-electron chi connectivity index (χ3n) is 3.38. The lowest BCUT2D eigenvalue weighted by Crippen LogP contribution is -2.31. The summed E-state index contributed by atoms with van der Waals surface area (Å²) < 4.78 is 28.6. The third-order valence-corrected chi connectivity index (χ3v) is 3.38. The van der Waals surface area contributed by atoms with Gasteiger partial charge in [0.1, 0.15) is 35.8 Å². The molecule has 2 rings (SSSR count). The predicted octanol–water partition coefficient (Wildman–Crippen LogP) is 2.37. The van der Waals surface area contributed by atoms with Crippen LogP contribution in [0.3, 0.4) is 0 Å². The SMILES string of the molecule is COc1cc(CNCC(O)COc2ccc(F)cc2)cc(OC)c1. The van der Waals surface area contributed by atoms with Gasteiger partial charge in [0.05, 0.1) is 14.2 Å². The van der Waals surface area contributed by atoms with Crippen LogP contribution >= 0.6 is 0 Å². The first kappa shape index (κ1) is 18.0. The average molecular weight is 335 g/mol. The second-order valence-corrected chi connectivity index (χ2v) is 5.27. The average Bonchev–Trinajstić information content (AvgIpc) is 2.61. The van der Waals surface area contributed by atoms with Gasteiger partial charge in [0.25, 0.3) is 0 Å². The van der Waals surface area contributed by atoms with E-state index >= 15 is 0 Å². The van der Waals surface area contributed by atoms with E-state index in [1.807, 2.05) is 12.1 Å². The van der Waals surface area contributed by atoms with Gasteiger partial charge in [-0.15, -0.1) is 0 Å². The fourth-order valence-electron chi connectivity index (χ4n) is 2.13. The Labute approximate surface area is 141 Å². The van der Waals surface area contributed by atoms with Crippen molar-refractivity contribution in [3.05, 3.63) is 53.8 Å². The van der Waals surface area contributed by atoms with Gasteiger partial charge in [0, 0.05) is 19.2 Å². The lowest BCUT2D eigenvalue weighted by Gasteiger charge is -2.14. The molecule has 0 saturated carbocycles. The van der Waals surface area contributed by atoms with E-state index in [-0.39, 0.29) is 12.4 Å². The van der Waals surface area contributed by atoms with Crippen LogP contribution < -0.4 is 19.5 Å². The molecule has 1 unspecified atom stereocenters. The van der Waals surface area contributed by atoms with Gasteiger partial charge in [-0.05, 0) is 42.0 Å². The third kappa shape index (κ3) is 5.72. The van der Waals surface area contributed by atoms with Crippen LogP contribution in [0.4, 0.5) is 4.39 Å². The molecule has 0 saturated heterocycles. The van der Waals surface area contributed by atoms with Crippen molar-refractivity contribution in [2.45, 2.75) is 12.6 Å². The van der Waals surface area contributed by atoms with E-state index in [9.17, 15) is 9.50 Å². The Morgan fingerprint density at radius 3 is 2.21 bits per heavy atom. The minimum absolute atomic E-state index is 0.125. The molecule has 2 N–H and O–H groups in total. The fourth-order valence-corrected chi connectivity index (χ4v) is 2.13. The van der Waals surface area contributed by atoms with Gasteiger partial charge in [-0.1, -0.05) is 0 Å². The summed E-state index contributed by atoms with van der Waals surface area (Å²) in [5.41, 5.74) is 0.984. The Kier molecular flexibility index (Phi) is 6.84. The van der Waals surface area contributed by atoms with Crippen molar-refractivity contribution in [1.29, 1.82) is 0 Å². The van der Waals surface area contributed by atoms with Gasteiger partial charge in [0.15, 0.2) is 0 Å². The first-order valence-corrected chi connectivity index (χ1v) is 7.60. The molecule has 6 heteroatoms. The molecule has 0 radical (unpaired) electrons. The number of nitrogens with one attached hydrogen (secondary N) is 1. The molecule has 0 aromatic heterocycles. The van der Waals surface area contributed by atoms with Crippen LogP contribution in [0, 0.1) is 5.82 Å². The van der Waals surface area contributed by atoms with Crippen molar-refractivity contribution in [2.24, 2.45) is 0 Å². The molecular weight excluding hydrogens is 313 g/mol. The number of aliphatic hydroxyl groups is 1. The predicted molar refractivity (Wildman–Crippen MR) is 89.2 cm³/mol. The monoisotopic (exact) mass is 335 g/mol. The molecule has 5 nitrogen and oxygen atoms in total. The smallest absolute Gasteiger partial charge is 0.123 e. The second kappa shape index (κ2) is 9.10. The molecule has 0 aliphatic heterocycles. The molecule has 0 spiro atoms. The maximum atomic E-state index is 12.8. The molecule has 0 bridgehead atoms. The van der Waals surface area contributed by atoms with Gasteiger partial charge in [0.2, 0.25) is 0 Å². The lowest BCUT2D eigenvalue weighted by molar-refractivity contribution is 0.106. The molecule has 130 valence electrons. The fraction of sp³-hybridized carbons (Fsp3) is 0.333. The van der Waals surface area contributed by atoms with Crippen molar-refractivity contribution in [3.8, 4) is 17.2 Å². The van der Waals surface area contributed by atoms with E-state index in [0.29, 0.717) is 30.3 Å². The summed E-state index contributed by atoms with van der Waals surface area (Å²) in [6.07, 6.45) is -0.678. The maximum Gasteiger partial charge on any atom is 0.123 e. The number of halogens is 1. The zero-order valence-corrected chi connectivity index (χ0v) is 13.8. The molecule has 0 heterocycles. The van der Waals surface area contributed by atoms with Crippen molar-refractivity contribution in [2.75, 3.05) is 27.4 Å². The largest absolute Gasteiger partial charge is 0.497 e. The molecule has 0 aliphatic rings. The van der Waals surface area contributed by atoms with Crippen LogP contribution in [0.15, 0.2) is 42.5 Å². The van der Waals surface area contributed by atoms with Gasteiger partial charge in [-0.3, -0.25) is 0 Å². The summed E-state index contributed by atoms with van der Waals surface area (Å²) in [4.78, 5) is 0. The molecule has 24 heavy (non-hydrogen) atoms. The first-order chi connectivity index (χ1) is 11.6. The molecule has 2 aromatic carbocycles. The Morgan fingerprint density at radius 1 is 1.00 bits per heavy atom. The summed E-state index contributed by atoms with van der Waals surface area (Å²) in [6.45, 7) is 1.04. The van der Waals surface area contributed by atoms with E-state index in [1.165, 1.54) is 24.3 Å². The minimum Gasteiger partial charge on any atom is -0.497 e. The second-order valence-electron chi connectivity index (χ2n) is 5.27. The van der Waals surface area contributed by atoms with E-state index in [4.69, 9.17) is 14.2 Å². The normalized spacial score (nSPS) is 11.8. The highest BCUT2D eigenvalue weighted by Gasteiger charge is 2.07. The van der Waals surface area contributed by atoms with Crippen LogP contribution in [0.2, 0.25) is 0 Å². The van der Waals surface area contributed by atoms with Gasteiger partial charge in [-0.2, -0.15) is 0 Å². The first-order valence-electron chi connectivity index (χ1n) is 7.60. The molecule has 2 aromatic rings. The number of rotatable bonds is 9. The Balaban J connectivity index is 1.76. The van der Waals surface area contributed by atoms with Crippen molar-refractivity contribution in [3.63, 3.8) is 0 Å². The van der Waals surface area contributed by atoms with Crippen LogP contribution in [0.5, 0.6) is 17.2 Å². The number of hydrogen-bond acceptors (Lipinski definition) is 5. The van der Waals surface area contributed by atoms with Gasteiger partial charge in [-0.25, -0.2) is 4.39 Å². The highest BCUT2D eigenvalue weighted by Crippen LogP contribution is 2.22. The quantitative estimate of drug-likeness (QED) is 0.737. The minimum atomic E-state index is -0.678. The number of methoxy groups -OCH3 is 2. The summed E-state index contributed by atoms with van der Waals surface area (Å²) in [5.74, 6) is 1.63. The summed E-state index contributed by atoms with van der Waals surface area (Å²) >= 11 is 0. The van der Waals surface area contributed by atoms with Crippen LogP contribution in [-0.2, 0) is 6.54 Å². The number of benzene rings is 2. The van der Waals surface area contributed by atoms with E-state index in [0.717, 1.165) is 5.56 Å². The van der Waals surface area contributed by atoms with Crippen LogP contribution in [0.1, 0.15) is 5.56 Å². The zero-order chi connectivity index (χ0) is 17.4. The van der Waals surface area contributed by atoms with Crippen molar-refractivity contribution in [1.82, 2.24) is 5.32 Å². The van der Waals surface area contributed by atoms with E-state index in [2.05, 4.69) is 5.32 Å². The van der Waals surface area contributed by atoms with Crippen LogP contribution in [-0.4, -0.2) is 38.6 Å².